The third-order valence-electron chi connectivity index (χ3n) is 4.36. The van der Waals surface area contributed by atoms with E-state index < -0.39 is 5.41 Å². The van der Waals surface area contributed by atoms with Gasteiger partial charge in [0.05, 0.1) is 11.9 Å². The standard InChI is InChI=1S/C22H22FN3O/c1-22(2,19-10-6-7-11-20(19)23)16-24-21(27)13-12-17-14-25-26(15-17)18-8-4-3-5-9-18/h3-15H,16H2,1-2H3,(H,24,27)/b13-12+. The summed E-state index contributed by atoms with van der Waals surface area (Å²) in [5.74, 6) is -0.493. The molecule has 0 aliphatic rings. The van der Waals surface area contributed by atoms with E-state index in [9.17, 15) is 9.18 Å². The van der Waals surface area contributed by atoms with E-state index in [0.29, 0.717) is 12.1 Å². The van der Waals surface area contributed by atoms with Crippen molar-refractivity contribution < 1.29 is 9.18 Å². The number of carbonyl (C=O) groups is 1. The molecular formula is C22H22FN3O. The lowest BCUT2D eigenvalue weighted by Crippen LogP contribution is -2.36. The average Bonchev–Trinajstić information content (AvgIpc) is 3.15. The highest BCUT2D eigenvalue weighted by atomic mass is 19.1. The SMILES string of the molecule is CC(C)(CNC(=O)/C=C/c1cnn(-c2ccccc2)c1)c1ccccc1F. The minimum atomic E-state index is -0.507. The van der Waals surface area contributed by atoms with Crippen LogP contribution in [0.4, 0.5) is 4.39 Å². The predicted molar refractivity (Wildman–Crippen MR) is 105 cm³/mol. The van der Waals surface area contributed by atoms with Crippen LogP contribution in [0.25, 0.3) is 11.8 Å². The molecule has 27 heavy (non-hydrogen) atoms. The van der Waals surface area contributed by atoms with Crippen LogP contribution in [0.5, 0.6) is 0 Å². The van der Waals surface area contributed by atoms with Gasteiger partial charge in [-0.3, -0.25) is 4.79 Å². The minimum Gasteiger partial charge on any atom is -0.352 e. The Kier molecular flexibility index (Phi) is 5.50. The lowest BCUT2D eigenvalue weighted by molar-refractivity contribution is -0.116. The maximum Gasteiger partial charge on any atom is 0.244 e. The van der Waals surface area contributed by atoms with Crippen LogP contribution in [0, 0.1) is 5.82 Å². The molecule has 0 saturated carbocycles. The first-order valence-corrected chi connectivity index (χ1v) is 8.77. The number of aromatic nitrogens is 2. The van der Waals surface area contributed by atoms with Gasteiger partial charge in [-0.25, -0.2) is 9.07 Å². The number of hydrogen-bond acceptors (Lipinski definition) is 2. The van der Waals surface area contributed by atoms with E-state index in [0.717, 1.165) is 11.3 Å². The van der Waals surface area contributed by atoms with E-state index >= 15 is 0 Å². The molecule has 5 heteroatoms. The van der Waals surface area contributed by atoms with Gasteiger partial charge in [-0.2, -0.15) is 5.10 Å². The summed E-state index contributed by atoms with van der Waals surface area (Å²) in [4.78, 5) is 12.1. The van der Waals surface area contributed by atoms with Crippen molar-refractivity contribution in [2.75, 3.05) is 6.54 Å². The number of benzene rings is 2. The van der Waals surface area contributed by atoms with Gasteiger partial charge in [-0.1, -0.05) is 50.2 Å². The van der Waals surface area contributed by atoms with Crippen LogP contribution >= 0.6 is 0 Å². The molecule has 0 aliphatic carbocycles. The van der Waals surface area contributed by atoms with Crippen molar-refractivity contribution >= 4 is 12.0 Å². The van der Waals surface area contributed by atoms with E-state index in [2.05, 4.69) is 10.4 Å². The highest BCUT2D eigenvalue weighted by Gasteiger charge is 2.24. The summed E-state index contributed by atoms with van der Waals surface area (Å²) in [6.07, 6.45) is 6.71. The van der Waals surface area contributed by atoms with Crippen molar-refractivity contribution in [2.45, 2.75) is 19.3 Å². The smallest absolute Gasteiger partial charge is 0.244 e. The molecule has 0 spiro atoms. The van der Waals surface area contributed by atoms with Crippen LogP contribution in [0.1, 0.15) is 25.0 Å². The second-order valence-electron chi connectivity index (χ2n) is 6.97. The average molecular weight is 363 g/mol. The normalized spacial score (nSPS) is 11.7. The van der Waals surface area contributed by atoms with Crippen LogP contribution in [0.2, 0.25) is 0 Å². The molecule has 1 amide bonds. The molecule has 0 radical (unpaired) electrons. The van der Waals surface area contributed by atoms with Gasteiger partial charge in [0.25, 0.3) is 0 Å². The van der Waals surface area contributed by atoms with E-state index in [1.807, 2.05) is 50.4 Å². The fourth-order valence-electron chi connectivity index (χ4n) is 2.79. The number of nitrogens with zero attached hydrogens (tertiary/aromatic N) is 2. The van der Waals surface area contributed by atoms with Crippen molar-refractivity contribution in [1.82, 2.24) is 15.1 Å². The third-order valence-corrected chi connectivity index (χ3v) is 4.36. The molecule has 138 valence electrons. The number of carbonyl (C=O) groups excluding carboxylic acids is 1. The van der Waals surface area contributed by atoms with Gasteiger partial charge >= 0.3 is 0 Å². The van der Waals surface area contributed by atoms with Crippen molar-refractivity contribution in [3.63, 3.8) is 0 Å². The largest absolute Gasteiger partial charge is 0.352 e. The van der Waals surface area contributed by atoms with Gasteiger partial charge in [0.15, 0.2) is 0 Å². The molecule has 0 atom stereocenters. The van der Waals surface area contributed by atoms with Crippen LogP contribution in [0.15, 0.2) is 73.1 Å². The Morgan fingerprint density at radius 1 is 1.15 bits per heavy atom. The maximum absolute atomic E-state index is 14.0. The summed E-state index contributed by atoms with van der Waals surface area (Å²) >= 11 is 0. The van der Waals surface area contributed by atoms with Crippen molar-refractivity contribution in [2.24, 2.45) is 0 Å². The molecule has 0 bridgehead atoms. The van der Waals surface area contributed by atoms with Crippen molar-refractivity contribution in [3.8, 4) is 5.69 Å². The molecule has 0 saturated heterocycles. The zero-order chi connectivity index (χ0) is 19.3. The first-order valence-electron chi connectivity index (χ1n) is 8.77. The molecular weight excluding hydrogens is 341 g/mol. The monoisotopic (exact) mass is 363 g/mol. The highest BCUT2D eigenvalue weighted by Crippen LogP contribution is 2.24. The predicted octanol–water partition coefficient (Wildman–Crippen LogP) is 4.12. The van der Waals surface area contributed by atoms with Gasteiger partial charge in [0.2, 0.25) is 5.91 Å². The Bertz CT molecular complexity index is 945. The summed E-state index contributed by atoms with van der Waals surface area (Å²) in [5.41, 5.74) is 1.85. The number of nitrogens with one attached hydrogen (secondary N) is 1. The maximum atomic E-state index is 14.0. The van der Waals surface area contributed by atoms with E-state index in [1.165, 1.54) is 12.1 Å². The van der Waals surface area contributed by atoms with Gasteiger partial charge in [0, 0.05) is 29.8 Å². The third kappa shape index (κ3) is 4.70. The zero-order valence-corrected chi connectivity index (χ0v) is 15.4. The quantitative estimate of drug-likeness (QED) is 0.670. The summed E-state index contributed by atoms with van der Waals surface area (Å²) in [7, 11) is 0. The number of para-hydroxylation sites is 1. The molecule has 3 aromatic rings. The summed E-state index contributed by atoms with van der Waals surface area (Å²) in [6, 6.07) is 16.4. The Morgan fingerprint density at radius 2 is 1.85 bits per heavy atom. The number of halogens is 1. The van der Waals surface area contributed by atoms with Crippen molar-refractivity contribution in [1.29, 1.82) is 0 Å². The molecule has 0 aliphatic heterocycles. The van der Waals surface area contributed by atoms with E-state index in [-0.39, 0.29) is 11.7 Å². The van der Waals surface area contributed by atoms with Crippen LogP contribution in [0.3, 0.4) is 0 Å². The van der Waals surface area contributed by atoms with Crippen molar-refractivity contribution in [3.05, 3.63) is 90.0 Å². The first-order chi connectivity index (χ1) is 13.0. The zero-order valence-electron chi connectivity index (χ0n) is 15.4. The second kappa shape index (κ2) is 7.99. The van der Waals surface area contributed by atoms with Gasteiger partial charge in [0.1, 0.15) is 5.82 Å². The summed E-state index contributed by atoms with van der Waals surface area (Å²) < 4.78 is 15.7. The minimum absolute atomic E-state index is 0.230. The molecule has 3 rings (SSSR count). The highest BCUT2D eigenvalue weighted by molar-refractivity contribution is 5.91. The lowest BCUT2D eigenvalue weighted by atomic mass is 9.84. The van der Waals surface area contributed by atoms with Gasteiger partial charge in [-0.05, 0) is 29.8 Å². The Hall–Kier alpha value is -3.21. The first kappa shape index (κ1) is 18.6. The van der Waals surface area contributed by atoms with Crippen LogP contribution in [-0.4, -0.2) is 22.2 Å². The van der Waals surface area contributed by atoms with Gasteiger partial charge in [-0.15, -0.1) is 0 Å². The molecule has 0 unspecified atom stereocenters. The number of hydrogen-bond donors (Lipinski definition) is 1. The lowest BCUT2D eigenvalue weighted by Gasteiger charge is -2.25. The Morgan fingerprint density at radius 3 is 2.59 bits per heavy atom. The molecule has 1 aromatic heterocycles. The molecule has 2 aromatic carbocycles. The van der Waals surface area contributed by atoms with E-state index in [4.69, 9.17) is 0 Å². The van der Waals surface area contributed by atoms with Crippen LogP contribution in [-0.2, 0) is 10.2 Å². The molecule has 4 nitrogen and oxygen atoms in total. The molecule has 1 N–H and O–H groups in total. The fourth-order valence-corrected chi connectivity index (χ4v) is 2.79. The second-order valence-corrected chi connectivity index (χ2v) is 6.97. The number of rotatable bonds is 6. The Balaban J connectivity index is 1.60. The topological polar surface area (TPSA) is 46.9 Å². The fraction of sp³-hybridized carbons (Fsp3) is 0.182. The molecule has 1 heterocycles. The Labute approximate surface area is 158 Å². The van der Waals surface area contributed by atoms with E-state index in [1.54, 1.807) is 35.2 Å². The number of amides is 1. The summed E-state index contributed by atoms with van der Waals surface area (Å²) in [5, 5.41) is 7.13. The summed E-state index contributed by atoms with van der Waals surface area (Å²) in [6.45, 7) is 4.14. The van der Waals surface area contributed by atoms with Crippen LogP contribution < -0.4 is 5.32 Å². The molecule has 0 fully saturated rings. The van der Waals surface area contributed by atoms with Gasteiger partial charge < -0.3 is 5.32 Å².